The van der Waals surface area contributed by atoms with Crippen LogP contribution < -0.4 is 10.6 Å². The summed E-state index contributed by atoms with van der Waals surface area (Å²) >= 11 is 7.64. The molecule has 2 aliphatic rings. The molecule has 0 bridgehead atoms. The molecule has 28 heavy (non-hydrogen) atoms. The van der Waals surface area contributed by atoms with E-state index in [4.69, 9.17) is 11.6 Å². The lowest BCUT2D eigenvalue weighted by atomic mass is 10.3. The van der Waals surface area contributed by atoms with Gasteiger partial charge in [-0.15, -0.1) is 35.3 Å². The van der Waals surface area contributed by atoms with Crippen LogP contribution in [0, 0.1) is 0 Å². The second-order valence-corrected chi connectivity index (χ2v) is 8.21. The minimum absolute atomic E-state index is 0. The number of urea groups is 1. The zero-order valence-corrected chi connectivity index (χ0v) is 19.7. The molecule has 0 aromatic carbocycles. The Morgan fingerprint density at radius 1 is 1.29 bits per heavy atom. The summed E-state index contributed by atoms with van der Waals surface area (Å²) in [6.45, 7) is 8.18. The summed E-state index contributed by atoms with van der Waals surface area (Å²) in [7, 11) is 0. The third-order valence-electron chi connectivity index (χ3n) is 4.54. The van der Waals surface area contributed by atoms with Crippen LogP contribution in [-0.2, 0) is 11.3 Å². The fraction of sp³-hybridized carbons (Fsp3) is 0.588. The van der Waals surface area contributed by atoms with Gasteiger partial charge in [0.1, 0.15) is 0 Å². The van der Waals surface area contributed by atoms with Gasteiger partial charge >= 0.3 is 6.03 Å². The quantitative estimate of drug-likeness (QED) is 0.248. The normalized spacial score (nSPS) is 18.3. The van der Waals surface area contributed by atoms with Crippen LogP contribution in [0.15, 0.2) is 17.1 Å². The summed E-state index contributed by atoms with van der Waals surface area (Å²) in [6, 6.07) is 3.70. The van der Waals surface area contributed by atoms with E-state index in [9.17, 15) is 9.59 Å². The Hall–Kier alpha value is -1.11. The first-order chi connectivity index (χ1) is 13.1. The Morgan fingerprint density at radius 2 is 2.04 bits per heavy atom. The van der Waals surface area contributed by atoms with Gasteiger partial charge in [0.25, 0.3) is 0 Å². The highest BCUT2D eigenvalue weighted by Crippen LogP contribution is 2.23. The number of hydrogen-bond donors (Lipinski definition) is 2. The number of nitrogens with zero attached hydrogens (tertiary/aromatic N) is 4. The monoisotopic (exact) mass is 540 g/mol. The molecule has 11 heteroatoms. The smallest absolute Gasteiger partial charge is 0.324 e. The van der Waals surface area contributed by atoms with Gasteiger partial charge in [0.15, 0.2) is 5.96 Å². The molecule has 0 saturated carbocycles. The van der Waals surface area contributed by atoms with Crippen molar-refractivity contribution in [3.05, 3.63) is 21.3 Å². The Bertz CT molecular complexity index is 692. The third kappa shape index (κ3) is 6.19. The molecule has 156 valence electrons. The van der Waals surface area contributed by atoms with Crippen molar-refractivity contribution < 1.29 is 9.59 Å². The number of guanidine groups is 1. The van der Waals surface area contributed by atoms with Gasteiger partial charge in [0, 0.05) is 44.1 Å². The highest BCUT2D eigenvalue weighted by Gasteiger charge is 2.27. The predicted octanol–water partition coefficient (Wildman–Crippen LogP) is 1.65. The Morgan fingerprint density at radius 3 is 2.61 bits per heavy atom. The summed E-state index contributed by atoms with van der Waals surface area (Å²) in [5, 5.41) is 5.83. The Labute approximate surface area is 191 Å². The largest absolute Gasteiger partial charge is 0.357 e. The lowest BCUT2D eigenvalue weighted by Crippen LogP contribution is -2.52. The lowest BCUT2D eigenvalue weighted by molar-refractivity contribution is -0.124. The maximum Gasteiger partial charge on any atom is 0.324 e. The molecule has 0 radical (unpaired) electrons. The molecular weight excluding hydrogens is 515 g/mol. The summed E-state index contributed by atoms with van der Waals surface area (Å²) in [5.41, 5.74) is 0. The first-order valence-electron chi connectivity index (χ1n) is 9.15. The van der Waals surface area contributed by atoms with Crippen LogP contribution in [0.3, 0.4) is 0 Å². The molecule has 1 aromatic heterocycles. The predicted molar refractivity (Wildman–Crippen MR) is 123 cm³/mol. The van der Waals surface area contributed by atoms with E-state index in [0.29, 0.717) is 13.1 Å². The van der Waals surface area contributed by atoms with Gasteiger partial charge in [-0.05, 0) is 19.1 Å². The van der Waals surface area contributed by atoms with Crippen LogP contribution in [0.4, 0.5) is 4.79 Å². The van der Waals surface area contributed by atoms with Gasteiger partial charge < -0.3 is 15.5 Å². The van der Waals surface area contributed by atoms with Crippen molar-refractivity contribution in [2.24, 2.45) is 4.99 Å². The van der Waals surface area contributed by atoms with Gasteiger partial charge in [-0.2, -0.15) is 0 Å². The van der Waals surface area contributed by atoms with E-state index in [0.717, 1.165) is 49.6 Å². The van der Waals surface area contributed by atoms with E-state index in [1.54, 1.807) is 11.3 Å². The Balaban J connectivity index is 0.00000280. The molecule has 1 aromatic rings. The molecule has 2 N–H and O–H groups in total. The molecule has 0 unspecified atom stereocenters. The average molecular weight is 541 g/mol. The van der Waals surface area contributed by atoms with Gasteiger partial charge in [0.05, 0.1) is 24.0 Å². The van der Waals surface area contributed by atoms with E-state index < -0.39 is 0 Å². The van der Waals surface area contributed by atoms with Crippen LogP contribution in [0.2, 0.25) is 4.34 Å². The first kappa shape index (κ1) is 23.2. The van der Waals surface area contributed by atoms with Gasteiger partial charge in [-0.25, -0.2) is 4.79 Å². The van der Waals surface area contributed by atoms with Crippen molar-refractivity contribution >= 4 is 64.8 Å². The maximum absolute atomic E-state index is 11.6. The standard InChI is InChI=1S/C17H25ClN6O2S.HI/c1-2-19-16(20-5-6-24-15(25)11-21-17(24)26)23-9-7-22(8-10-23)12-13-3-4-14(18)27-13;/h3-4H,2,5-12H2,1H3,(H,19,20)(H,21,26);1H. The molecule has 2 fully saturated rings. The van der Waals surface area contributed by atoms with Gasteiger partial charge in [0.2, 0.25) is 5.91 Å². The highest BCUT2D eigenvalue weighted by atomic mass is 127. The highest BCUT2D eigenvalue weighted by molar-refractivity contribution is 14.0. The number of hydrogen-bond acceptors (Lipinski definition) is 5. The molecular formula is C17H26ClIN6O2S. The number of rotatable bonds is 6. The number of piperazine rings is 1. The zero-order valence-electron chi connectivity index (χ0n) is 15.8. The van der Waals surface area contributed by atoms with E-state index in [1.165, 1.54) is 9.78 Å². The lowest BCUT2D eigenvalue weighted by Gasteiger charge is -2.36. The SMILES string of the molecule is CCNC(=NCCN1C(=O)CNC1=O)N1CCN(Cc2ccc(Cl)s2)CC1.I. The van der Waals surface area contributed by atoms with Crippen molar-refractivity contribution in [3.63, 3.8) is 0 Å². The number of carbonyl (C=O) groups is 2. The van der Waals surface area contributed by atoms with Crippen molar-refractivity contribution in [2.45, 2.75) is 13.5 Å². The molecule has 8 nitrogen and oxygen atoms in total. The minimum Gasteiger partial charge on any atom is -0.357 e. The summed E-state index contributed by atoms with van der Waals surface area (Å²) in [6.07, 6.45) is 0. The number of halogens is 2. The van der Waals surface area contributed by atoms with Crippen LogP contribution in [0.5, 0.6) is 0 Å². The molecule has 0 atom stereocenters. The Kier molecular flexibility index (Phi) is 9.25. The van der Waals surface area contributed by atoms with Crippen molar-refractivity contribution in [2.75, 3.05) is 52.4 Å². The van der Waals surface area contributed by atoms with E-state index >= 15 is 0 Å². The van der Waals surface area contributed by atoms with E-state index in [2.05, 4.69) is 31.5 Å². The second kappa shape index (κ2) is 11.2. The minimum atomic E-state index is -0.331. The molecule has 3 heterocycles. The number of amides is 3. The topological polar surface area (TPSA) is 80.3 Å². The van der Waals surface area contributed by atoms with Crippen molar-refractivity contribution in [3.8, 4) is 0 Å². The number of carbonyl (C=O) groups excluding carboxylic acids is 2. The third-order valence-corrected chi connectivity index (χ3v) is 5.75. The number of imide groups is 1. The van der Waals surface area contributed by atoms with Crippen LogP contribution >= 0.6 is 46.9 Å². The van der Waals surface area contributed by atoms with Crippen LogP contribution in [0.25, 0.3) is 0 Å². The van der Waals surface area contributed by atoms with Crippen LogP contribution in [0.1, 0.15) is 11.8 Å². The summed E-state index contributed by atoms with van der Waals surface area (Å²) in [4.78, 5) is 35.0. The molecule has 3 rings (SSSR count). The molecule has 3 amide bonds. The van der Waals surface area contributed by atoms with Gasteiger partial charge in [-0.3, -0.25) is 19.6 Å². The zero-order chi connectivity index (χ0) is 19.2. The van der Waals surface area contributed by atoms with Crippen LogP contribution in [-0.4, -0.2) is 85.0 Å². The molecule has 2 saturated heterocycles. The summed E-state index contributed by atoms with van der Waals surface area (Å²) in [5.74, 6) is 0.644. The van der Waals surface area contributed by atoms with E-state index in [1.807, 2.05) is 13.0 Å². The van der Waals surface area contributed by atoms with E-state index in [-0.39, 0.29) is 42.5 Å². The average Bonchev–Trinajstić information content (AvgIpc) is 3.21. The molecule has 0 spiro atoms. The molecule has 2 aliphatic heterocycles. The van der Waals surface area contributed by atoms with Gasteiger partial charge in [-0.1, -0.05) is 11.6 Å². The van der Waals surface area contributed by atoms with Crippen molar-refractivity contribution in [1.82, 2.24) is 25.3 Å². The fourth-order valence-electron chi connectivity index (χ4n) is 3.14. The number of nitrogens with one attached hydrogen (secondary N) is 2. The molecule has 0 aliphatic carbocycles. The summed E-state index contributed by atoms with van der Waals surface area (Å²) < 4.78 is 0.829. The van der Waals surface area contributed by atoms with Crippen molar-refractivity contribution in [1.29, 1.82) is 0 Å². The number of aliphatic imine (C=N–C) groups is 1. The fourth-order valence-corrected chi connectivity index (χ4v) is 4.27. The first-order valence-corrected chi connectivity index (χ1v) is 10.3. The second-order valence-electron chi connectivity index (χ2n) is 6.41. The maximum atomic E-state index is 11.6. The number of thiophene rings is 1.